The molecule has 0 saturated carbocycles. The Bertz CT molecular complexity index is 1330. The van der Waals surface area contributed by atoms with Crippen molar-refractivity contribution in [1.82, 2.24) is 15.1 Å². The average molecular weight is 513 g/mol. The van der Waals surface area contributed by atoms with Crippen molar-refractivity contribution in [2.75, 3.05) is 20.2 Å². The lowest BCUT2D eigenvalue weighted by Gasteiger charge is -2.24. The number of nitrogens with one attached hydrogen (secondary N) is 2. The maximum Gasteiger partial charge on any atom is 0.259 e. The van der Waals surface area contributed by atoms with Gasteiger partial charge in [-0.1, -0.05) is 56.3 Å². The second-order valence-corrected chi connectivity index (χ2v) is 9.80. The summed E-state index contributed by atoms with van der Waals surface area (Å²) in [6, 6.07) is 22.9. The Balaban J connectivity index is 1.56. The number of ether oxygens (including phenoxy) is 1. The van der Waals surface area contributed by atoms with Gasteiger partial charge in [0.05, 0.1) is 13.7 Å². The first-order valence-electron chi connectivity index (χ1n) is 13.1. The molecule has 1 atom stereocenters. The van der Waals surface area contributed by atoms with E-state index >= 15 is 0 Å². The van der Waals surface area contributed by atoms with Crippen LogP contribution in [-0.4, -0.2) is 47.8 Å². The number of methoxy groups -OCH3 is 1. The molecule has 1 unspecified atom stereocenters. The van der Waals surface area contributed by atoms with E-state index in [9.17, 15) is 9.59 Å². The lowest BCUT2D eigenvalue weighted by molar-refractivity contribution is -0.131. The molecule has 2 N–H and O–H groups in total. The van der Waals surface area contributed by atoms with Crippen LogP contribution in [0.4, 0.5) is 0 Å². The third-order valence-electron chi connectivity index (χ3n) is 6.94. The molecular weight excluding hydrogens is 476 g/mol. The number of carbonyl (C=O) groups is 2. The van der Waals surface area contributed by atoms with Crippen molar-refractivity contribution in [3.05, 3.63) is 89.5 Å². The summed E-state index contributed by atoms with van der Waals surface area (Å²) in [4.78, 5) is 30.1. The lowest BCUT2D eigenvalue weighted by Crippen LogP contribution is -2.40. The van der Waals surface area contributed by atoms with Gasteiger partial charge in [0, 0.05) is 18.7 Å². The molecule has 0 bridgehead atoms. The average Bonchev–Trinajstić information content (AvgIpc) is 3.16. The van der Waals surface area contributed by atoms with E-state index in [0.29, 0.717) is 18.7 Å². The molecule has 4 rings (SSSR count). The fourth-order valence-electron chi connectivity index (χ4n) is 4.91. The van der Waals surface area contributed by atoms with Crippen LogP contribution in [0.1, 0.15) is 55.1 Å². The zero-order valence-corrected chi connectivity index (χ0v) is 22.6. The number of hydrogen-bond acceptors (Lipinski definition) is 4. The molecule has 0 radical (unpaired) electrons. The minimum atomic E-state index is -1.08. The maximum atomic E-state index is 13.7. The minimum absolute atomic E-state index is 0.00399. The summed E-state index contributed by atoms with van der Waals surface area (Å²) in [5.74, 6) is 0.589. The normalized spacial score (nSPS) is 16.9. The molecule has 1 aliphatic rings. The zero-order valence-electron chi connectivity index (χ0n) is 22.6. The number of hydrogen-bond donors (Lipinski definition) is 2. The Labute approximate surface area is 224 Å². The molecule has 7 nitrogen and oxygen atoms in total. The fraction of sp³-hybridized carbons (Fsp3) is 0.323. The van der Waals surface area contributed by atoms with Crippen LogP contribution in [0, 0.1) is 5.41 Å². The monoisotopic (exact) mass is 512 g/mol. The molecule has 1 heterocycles. The quantitative estimate of drug-likeness (QED) is 0.381. The molecule has 7 heteroatoms. The number of rotatable bonds is 10. The molecular formula is C31H36N4O3. The number of amides is 2. The van der Waals surface area contributed by atoms with Gasteiger partial charge in [0.15, 0.2) is 5.96 Å². The Kier molecular flexibility index (Phi) is 8.15. The van der Waals surface area contributed by atoms with Crippen molar-refractivity contribution in [2.45, 2.75) is 45.7 Å². The van der Waals surface area contributed by atoms with E-state index in [1.165, 1.54) is 4.90 Å². The fourth-order valence-corrected chi connectivity index (χ4v) is 4.91. The second kappa shape index (κ2) is 11.5. The van der Waals surface area contributed by atoms with Crippen molar-refractivity contribution in [3.63, 3.8) is 0 Å². The molecule has 0 aliphatic carbocycles. The Morgan fingerprint density at radius 2 is 1.63 bits per heavy atom. The maximum absolute atomic E-state index is 13.7. The predicted octanol–water partition coefficient (Wildman–Crippen LogP) is 5.41. The first kappa shape index (κ1) is 26.9. The molecule has 1 aliphatic heterocycles. The van der Waals surface area contributed by atoms with Crippen molar-refractivity contribution >= 4 is 17.8 Å². The van der Waals surface area contributed by atoms with Gasteiger partial charge in [0.25, 0.3) is 11.8 Å². The molecule has 1 saturated heterocycles. The van der Waals surface area contributed by atoms with E-state index < -0.39 is 5.54 Å². The van der Waals surface area contributed by atoms with Crippen LogP contribution in [0.15, 0.2) is 72.8 Å². The molecule has 1 fully saturated rings. The van der Waals surface area contributed by atoms with Crippen LogP contribution >= 0.6 is 0 Å². The number of benzene rings is 3. The largest absolute Gasteiger partial charge is 0.497 e. The highest BCUT2D eigenvalue weighted by atomic mass is 16.5. The summed E-state index contributed by atoms with van der Waals surface area (Å²) in [5, 5.41) is 11.7. The van der Waals surface area contributed by atoms with Crippen LogP contribution in [0.2, 0.25) is 0 Å². The van der Waals surface area contributed by atoms with E-state index in [2.05, 4.69) is 19.2 Å². The van der Waals surface area contributed by atoms with Gasteiger partial charge in [-0.15, -0.1) is 0 Å². The zero-order chi connectivity index (χ0) is 27.3. The standard InChI is InChI=1S/C31H36N4O3/c1-5-16-34(17-6-2)28(36)25-13-7-10-22(18-25)21-35-29(37)31(3,33-30(35)32)26-14-8-11-23(19-26)24-12-9-15-27(20-24)38-4/h7-15,18-20H,5-6,16-17,21H2,1-4H3,(H2,32,33). The molecule has 198 valence electrons. The van der Waals surface area contributed by atoms with E-state index in [1.54, 1.807) is 7.11 Å². The minimum Gasteiger partial charge on any atom is -0.497 e. The lowest BCUT2D eigenvalue weighted by atomic mass is 9.89. The highest BCUT2D eigenvalue weighted by molar-refractivity contribution is 6.08. The molecule has 3 aromatic rings. The van der Waals surface area contributed by atoms with Crippen molar-refractivity contribution in [3.8, 4) is 16.9 Å². The predicted molar refractivity (Wildman–Crippen MR) is 150 cm³/mol. The van der Waals surface area contributed by atoms with Crippen molar-refractivity contribution < 1.29 is 14.3 Å². The summed E-state index contributed by atoms with van der Waals surface area (Å²) in [5.41, 5.74) is 3.03. The van der Waals surface area contributed by atoms with Gasteiger partial charge in [0.2, 0.25) is 0 Å². The van der Waals surface area contributed by atoms with E-state index in [1.807, 2.05) is 84.6 Å². The highest BCUT2D eigenvalue weighted by Crippen LogP contribution is 2.33. The third kappa shape index (κ3) is 5.42. The van der Waals surface area contributed by atoms with Gasteiger partial charge >= 0.3 is 0 Å². The van der Waals surface area contributed by atoms with Crippen LogP contribution in [-0.2, 0) is 16.9 Å². The van der Waals surface area contributed by atoms with Crippen LogP contribution in [0.25, 0.3) is 11.1 Å². The number of guanidine groups is 1. The Morgan fingerprint density at radius 3 is 2.32 bits per heavy atom. The molecule has 38 heavy (non-hydrogen) atoms. The SMILES string of the molecule is CCCN(CCC)C(=O)c1cccc(CN2C(=N)NC(C)(c3cccc(-c4cccc(OC)c4)c3)C2=O)c1. The van der Waals surface area contributed by atoms with Crippen LogP contribution in [0.5, 0.6) is 5.75 Å². The van der Waals surface area contributed by atoms with Crippen molar-refractivity contribution in [1.29, 1.82) is 5.41 Å². The first-order chi connectivity index (χ1) is 18.3. The number of carbonyl (C=O) groups excluding carboxylic acids is 2. The Hall–Kier alpha value is -4.13. The summed E-state index contributed by atoms with van der Waals surface area (Å²) >= 11 is 0. The van der Waals surface area contributed by atoms with Gasteiger partial charge in [-0.05, 0) is 72.4 Å². The summed E-state index contributed by atoms with van der Waals surface area (Å²) in [6.07, 6.45) is 1.79. The van der Waals surface area contributed by atoms with Gasteiger partial charge in [-0.2, -0.15) is 0 Å². The van der Waals surface area contributed by atoms with E-state index in [-0.39, 0.29) is 24.3 Å². The van der Waals surface area contributed by atoms with Crippen molar-refractivity contribution in [2.24, 2.45) is 0 Å². The molecule has 3 aromatic carbocycles. The van der Waals surface area contributed by atoms with Crippen LogP contribution < -0.4 is 10.1 Å². The number of nitrogens with zero attached hydrogens (tertiary/aromatic N) is 2. The van der Waals surface area contributed by atoms with E-state index in [0.717, 1.165) is 40.8 Å². The Morgan fingerprint density at radius 1 is 0.974 bits per heavy atom. The molecule has 2 amide bonds. The summed E-state index contributed by atoms with van der Waals surface area (Å²) in [7, 11) is 1.63. The third-order valence-corrected chi connectivity index (χ3v) is 6.94. The highest BCUT2D eigenvalue weighted by Gasteiger charge is 2.47. The van der Waals surface area contributed by atoms with Gasteiger partial charge in [-0.3, -0.25) is 19.9 Å². The van der Waals surface area contributed by atoms with Crippen LogP contribution in [0.3, 0.4) is 0 Å². The summed E-state index contributed by atoms with van der Waals surface area (Å²) in [6.45, 7) is 7.56. The molecule has 0 spiro atoms. The first-order valence-corrected chi connectivity index (χ1v) is 13.1. The summed E-state index contributed by atoms with van der Waals surface area (Å²) < 4.78 is 5.36. The molecule has 0 aromatic heterocycles. The smallest absolute Gasteiger partial charge is 0.259 e. The van der Waals surface area contributed by atoms with Gasteiger partial charge in [-0.25, -0.2) is 0 Å². The second-order valence-electron chi connectivity index (χ2n) is 9.80. The van der Waals surface area contributed by atoms with E-state index in [4.69, 9.17) is 10.1 Å². The topological polar surface area (TPSA) is 85.7 Å². The van der Waals surface area contributed by atoms with Gasteiger partial charge < -0.3 is 15.0 Å². The van der Waals surface area contributed by atoms with Gasteiger partial charge in [0.1, 0.15) is 11.3 Å².